The van der Waals surface area contributed by atoms with Gasteiger partial charge in [0.05, 0.1) is 10.6 Å². The molecule has 0 radical (unpaired) electrons. The molecule has 2 atom stereocenters. The molecule has 0 saturated carbocycles. The Morgan fingerprint density at radius 3 is 2.71 bits per heavy atom. The lowest BCUT2D eigenvalue weighted by Crippen LogP contribution is -2.41. The summed E-state index contributed by atoms with van der Waals surface area (Å²) >= 11 is 11.8. The SMILES string of the molecule is CCCC(C)(O)CNCC(O)COc1ccc(Cl)cc1Cl. The van der Waals surface area contributed by atoms with Crippen LogP contribution >= 0.6 is 23.2 Å². The molecular weight excluding hydrogens is 313 g/mol. The minimum Gasteiger partial charge on any atom is -0.489 e. The van der Waals surface area contributed by atoms with E-state index in [0.717, 1.165) is 6.42 Å². The molecule has 3 N–H and O–H groups in total. The van der Waals surface area contributed by atoms with E-state index in [4.69, 9.17) is 27.9 Å². The molecule has 0 saturated heterocycles. The van der Waals surface area contributed by atoms with Gasteiger partial charge in [-0.2, -0.15) is 0 Å². The Morgan fingerprint density at radius 2 is 2.10 bits per heavy atom. The highest BCUT2D eigenvalue weighted by molar-refractivity contribution is 6.35. The number of halogens is 2. The van der Waals surface area contributed by atoms with Crippen LogP contribution in [0.4, 0.5) is 0 Å². The highest BCUT2D eigenvalue weighted by Crippen LogP contribution is 2.27. The first-order valence-electron chi connectivity index (χ1n) is 7.03. The quantitative estimate of drug-likeness (QED) is 0.649. The second kappa shape index (κ2) is 8.81. The van der Waals surface area contributed by atoms with Crippen LogP contribution in [0.3, 0.4) is 0 Å². The molecule has 0 fully saturated rings. The fraction of sp³-hybridized carbons (Fsp3) is 0.600. The Bertz CT molecular complexity index is 441. The first kappa shape index (κ1) is 18.5. The third kappa shape index (κ3) is 7.34. The lowest BCUT2D eigenvalue weighted by atomic mass is 10.0. The molecule has 120 valence electrons. The van der Waals surface area contributed by atoms with Gasteiger partial charge in [0.2, 0.25) is 0 Å². The van der Waals surface area contributed by atoms with Crippen LogP contribution in [0.1, 0.15) is 26.7 Å². The second-order valence-electron chi connectivity index (χ2n) is 5.42. The van der Waals surface area contributed by atoms with Crippen molar-refractivity contribution < 1.29 is 14.9 Å². The molecule has 4 nitrogen and oxygen atoms in total. The third-order valence-electron chi connectivity index (χ3n) is 3.00. The normalized spacial score (nSPS) is 15.5. The lowest BCUT2D eigenvalue weighted by molar-refractivity contribution is 0.0427. The van der Waals surface area contributed by atoms with Gasteiger partial charge in [-0.25, -0.2) is 0 Å². The van der Waals surface area contributed by atoms with Crippen LogP contribution in [0, 0.1) is 0 Å². The van der Waals surface area contributed by atoms with E-state index >= 15 is 0 Å². The molecule has 0 bridgehead atoms. The Morgan fingerprint density at radius 1 is 1.38 bits per heavy atom. The van der Waals surface area contributed by atoms with Crippen LogP contribution in [-0.2, 0) is 0 Å². The summed E-state index contributed by atoms with van der Waals surface area (Å²) in [6.45, 7) is 4.68. The molecule has 1 aromatic rings. The van der Waals surface area contributed by atoms with Gasteiger partial charge in [0.25, 0.3) is 0 Å². The highest BCUT2D eigenvalue weighted by Gasteiger charge is 2.18. The van der Waals surface area contributed by atoms with Crippen molar-refractivity contribution in [2.24, 2.45) is 0 Å². The van der Waals surface area contributed by atoms with Crippen molar-refractivity contribution in [3.05, 3.63) is 28.2 Å². The summed E-state index contributed by atoms with van der Waals surface area (Å²) in [6, 6.07) is 4.93. The van der Waals surface area contributed by atoms with Gasteiger partial charge in [-0.05, 0) is 31.5 Å². The molecule has 0 spiro atoms. The maximum absolute atomic E-state index is 9.99. The first-order chi connectivity index (χ1) is 9.84. The largest absolute Gasteiger partial charge is 0.489 e. The Labute approximate surface area is 136 Å². The second-order valence-corrected chi connectivity index (χ2v) is 6.26. The van der Waals surface area contributed by atoms with Crippen LogP contribution in [-0.4, -0.2) is 41.6 Å². The number of ether oxygens (including phenoxy) is 1. The zero-order valence-electron chi connectivity index (χ0n) is 12.4. The fourth-order valence-corrected chi connectivity index (χ4v) is 2.44. The average molecular weight is 336 g/mol. The molecule has 0 amide bonds. The smallest absolute Gasteiger partial charge is 0.138 e. The highest BCUT2D eigenvalue weighted by atomic mass is 35.5. The van der Waals surface area contributed by atoms with E-state index in [1.165, 1.54) is 0 Å². The Balaban J connectivity index is 2.29. The van der Waals surface area contributed by atoms with Crippen molar-refractivity contribution in [1.29, 1.82) is 0 Å². The first-order valence-corrected chi connectivity index (χ1v) is 7.78. The van der Waals surface area contributed by atoms with E-state index in [2.05, 4.69) is 5.32 Å². The van der Waals surface area contributed by atoms with Gasteiger partial charge >= 0.3 is 0 Å². The summed E-state index contributed by atoms with van der Waals surface area (Å²) in [5, 5.41) is 23.8. The number of nitrogens with one attached hydrogen (secondary N) is 1. The topological polar surface area (TPSA) is 61.7 Å². The van der Waals surface area contributed by atoms with Crippen molar-refractivity contribution in [3.8, 4) is 5.75 Å². The van der Waals surface area contributed by atoms with E-state index in [1.807, 2.05) is 6.92 Å². The van der Waals surface area contributed by atoms with Crippen molar-refractivity contribution in [3.63, 3.8) is 0 Å². The van der Waals surface area contributed by atoms with E-state index in [0.29, 0.717) is 35.3 Å². The van der Waals surface area contributed by atoms with Gasteiger partial charge in [0, 0.05) is 18.1 Å². The molecule has 2 unspecified atom stereocenters. The van der Waals surface area contributed by atoms with Gasteiger partial charge in [0.1, 0.15) is 18.5 Å². The van der Waals surface area contributed by atoms with Crippen LogP contribution in [0.15, 0.2) is 18.2 Å². The monoisotopic (exact) mass is 335 g/mol. The molecule has 0 aliphatic heterocycles. The minimum atomic E-state index is -0.755. The summed E-state index contributed by atoms with van der Waals surface area (Å²) in [6.07, 6.45) is 0.941. The van der Waals surface area contributed by atoms with Gasteiger partial charge in [-0.1, -0.05) is 36.5 Å². The molecular formula is C15H23Cl2NO3. The number of hydrogen-bond donors (Lipinski definition) is 3. The molecule has 1 rings (SSSR count). The van der Waals surface area contributed by atoms with Gasteiger partial charge in [0.15, 0.2) is 0 Å². The van der Waals surface area contributed by atoms with E-state index in [9.17, 15) is 10.2 Å². The maximum Gasteiger partial charge on any atom is 0.138 e. The van der Waals surface area contributed by atoms with Crippen molar-refractivity contribution in [1.82, 2.24) is 5.32 Å². The van der Waals surface area contributed by atoms with Crippen molar-refractivity contribution in [2.75, 3.05) is 19.7 Å². The minimum absolute atomic E-state index is 0.115. The van der Waals surface area contributed by atoms with Gasteiger partial charge < -0.3 is 20.3 Å². The van der Waals surface area contributed by atoms with E-state index < -0.39 is 11.7 Å². The number of benzene rings is 1. The molecule has 6 heteroatoms. The molecule has 21 heavy (non-hydrogen) atoms. The number of rotatable bonds is 9. The van der Waals surface area contributed by atoms with Gasteiger partial charge in [-0.3, -0.25) is 0 Å². The third-order valence-corrected chi connectivity index (χ3v) is 3.53. The van der Waals surface area contributed by atoms with Crippen LogP contribution < -0.4 is 10.1 Å². The van der Waals surface area contributed by atoms with E-state index in [-0.39, 0.29) is 6.61 Å². The summed E-state index contributed by atoms with van der Waals surface area (Å²) in [4.78, 5) is 0. The van der Waals surface area contributed by atoms with Crippen LogP contribution in [0.25, 0.3) is 0 Å². The average Bonchev–Trinajstić information content (AvgIpc) is 2.37. The zero-order valence-corrected chi connectivity index (χ0v) is 13.9. The predicted octanol–water partition coefficient (Wildman–Crippen LogP) is 2.87. The Kier molecular flexibility index (Phi) is 7.77. The molecule has 1 aromatic carbocycles. The summed E-state index contributed by atoms with van der Waals surface area (Å²) < 4.78 is 5.44. The lowest BCUT2D eigenvalue weighted by Gasteiger charge is -2.24. The van der Waals surface area contributed by atoms with Crippen LogP contribution in [0.2, 0.25) is 10.0 Å². The maximum atomic E-state index is 9.99. The molecule has 0 heterocycles. The molecule has 0 aliphatic rings. The van der Waals surface area contributed by atoms with E-state index in [1.54, 1.807) is 25.1 Å². The molecule has 0 aliphatic carbocycles. The Hall–Kier alpha value is -0.520. The van der Waals surface area contributed by atoms with Crippen LogP contribution in [0.5, 0.6) is 5.75 Å². The number of hydrogen-bond acceptors (Lipinski definition) is 4. The summed E-state index contributed by atoms with van der Waals surface area (Å²) in [5.74, 6) is 0.484. The number of aliphatic hydroxyl groups is 2. The van der Waals surface area contributed by atoms with Crippen molar-refractivity contribution >= 4 is 23.2 Å². The molecule has 0 aromatic heterocycles. The van der Waals surface area contributed by atoms with Gasteiger partial charge in [-0.15, -0.1) is 0 Å². The summed E-state index contributed by atoms with van der Waals surface area (Å²) in [7, 11) is 0. The van der Waals surface area contributed by atoms with Crippen molar-refractivity contribution in [2.45, 2.75) is 38.4 Å². The fourth-order valence-electron chi connectivity index (χ4n) is 1.97. The standard InChI is InChI=1S/C15H23Cl2NO3/c1-3-6-15(2,20)10-18-8-12(19)9-21-14-5-4-11(16)7-13(14)17/h4-5,7,12,18-20H,3,6,8-10H2,1-2H3. The summed E-state index contributed by atoms with van der Waals surface area (Å²) in [5.41, 5.74) is -0.755. The predicted molar refractivity (Wildman–Crippen MR) is 86.4 cm³/mol. The number of aliphatic hydroxyl groups excluding tert-OH is 1. The zero-order chi connectivity index (χ0) is 15.9.